The molecule has 2 heterocycles. The van der Waals surface area contributed by atoms with Gasteiger partial charge in [-0.05, 0) is 23.7 Å². The van der Waals surface area contributed by atoms with E-state index in [1.165, 1.54) is 10.8 Å². The molecular formula is C14H7ClF2N4. The van der Waals surface area contributed by atoms with Gasteiger partial charge < -0.3 is 4.57 Å². The molecule has 0 N–H and O–H groups in total. The lowest BCUT2D eigenvalue weighted by atomic mass is 10.2. The second-order valence-electron chi connectivity index (χ2n) is 4.33. The van der Waals surface area contributed by atoms with Crippen LogP contribution in [-0.4, -0.2) is 14.5 Å². The third-order valence-corrected chi connectivity index (χ3v) is 3.32. The van der Waals surface area contributed by atoms with Crippen LogP contribution in [0.1, 0.15) is 11.3 Å². The molecule has 3 rings (SSSR count). The Morgan fingerprint density at radius 1 is 1.33 bits per heavy atom. The third-order valence-electron chi connectivity index (χ3n) is 3.03. The molecule has 0 saturated carbocycles. The topological polar surface area (TPSA) is 54.5 Å². The lowest BCUT2D eigenvalue weighted by Gasteiger charge is -2.07. The molecule has 21 heavy (non-hydrogen) atoms. The van der Waals surface area contributed by atoms with E-state index in [2.05, 4.69) is 9.97 Å². The van der Waals surface area contributed by atoms with Crippen LogP contribution >= 0.6 is 11.6 Å². The van der Waals surface area contributed by atoms with Gasteiger partial charge in [-0.15, -0.1) is 0 Å². The maximum atomic E-state index is 14.0. The van der Waals surface area contributed by atoms with E-state index in [0.717, 1.165) is 12.1 Å². The lowest BCUT2D eigenvalue weighted by Crippen LogP contribution is -2.05. The van der Waals surface area contributed by atoms with Crippen LogP contribution in [0.5, 0.6) is 0 Å². The van der Waals surface area contributed by atoms with Crippen molar-refractivity contribution in [3.8, 4) is 6.07 Å². The Hall–Kier alpha value is -2.52. The number of hydrogen-bond acceptors (Lipinski definition) is 3. The van der Waals surface area contributed by atoms with Gasteiger partial charge in [-0.25, -0.2) is 13.8 Å². The zero-order valence-corrected chi connectivity index (χ0v) is 11.3. The maximum Gasteiger partial charge on any atom is 0.204 e. The summed E-state index contributed by atoms with van der Waals surface area (Å²) in [5, 5.41) is 9.05. The Morgan fingerprint density at radius 2 is 2.14 bits per heavy atom. The first-order valence-corrected chi connectivity index (χ1v) is 6.32. The van der Waals surface area contributed by atoms with Gasteiger partial charge in [0, 0.05) is 18.3 Å². The number of fused-ring (bicyclic) bond motifs is 1. The summed E-state index contributed by atoms with van der Waals surface area (Å²) in [6.07, 6.45) is 1.53. The second kappa shape index (κ2) is 5.11. The Bertz CT molecular complexity index is 883. The van der Waals surface area contributed by atoms with Gasteiger partial charge in [0.2, 0.25) is 5.28 Å². The summed E-state index contributed by atoms with van der Waals surface area (Å²) in [6.45, 7) is 0.0711. The molecule has 0 atom stereocenters. The number of hydrogen-bond donors (Lipinski definition) is 0. The first kappa shape index (κ1) is 13.5. The third kappa shape index (κ3) is 2.32. The molecule has 0 fully saturated rings. The van der Waals surface area contributed by atoms with Crippen LogP contribution in [0.4, 0.5) is 8.78 Å². The highest BCUT2D eigenvalue weighted by molar-refractivity contribution is 6.29. The second-order valence-corrected chi connectivity index (χ2v) is 4.67. The van der Waals surface area contributed by atoms with E-state index in [9.17, 15) is 8.78 Å². The van der Waals surface area contributed by atoms with Crippen molar-refractivity contribution in [2.45, 2.75) is 6.54 Å². The summed E-state index contributed by atoms with van der Waals surface area (Å²) in [4.78, 5) is 8.02. The highest BCUT2D eigenvalue weighted by Crippen LogP contribution is 2.25. The standard InChI is InChI=1S/C14H7ClF2N4/c15-14-20-11-5-9(16)4-10(17)13(11)21(14)7-12-8(6-18)2-1-3-19-12/h1-5H,7H2. The average molecular weight is 305 g/mol. The maximum absolute atomic E-state index is 14.0. The Morgan fingerprint density at radius 3 is 2.90 bits per heavy atom. The molecule has 0 aliphatic carbocycles. The van der Waals surface area contributed by atoms with Crippen molar-refractivity contribution >= 4 is 22.6 Å². The molecule has 7 heteroatoms. The van der Waals surface area contributed by atoms with Gasteiger partial charge in [0.15, 0.2) is 5.82 Å². The molecule has 0 radical (unpaired) electrons. The fourth-order valence-corrected chi connectivity index (χ4v) is 2.35. The number of nitrogens with zero attached hydrogens (tertiary/aromatic N) is 4. The van der Waals surface area contributed by atoms with Gasteiger partial charge in [0.1, 0.15) is 17.4 Å². The summed E-state index contributed by atoms with van der Waals surface area (Å²) >= 11 is 5.99. The smallest absolute Gasteiger partial charge is 0.204 e. The molecule has 4 nitrogen and oxygen atoms in total. The predicted molar refractivity (Wildman–Crippen MR) is 72.7 cm³/mol. The van der Waals surface area contributed by atoms with E-state index in [1.54, 1.807) is 12.1 Å². The normalized spacial score (nSPS) is 10.8. The highest BCUT2D eigenvalue weighted by atomic mass is 35.5. The van der Waals surface area contributed by atoms with Crippen molar-refractivity contribution < 1.29 is 8.78 Å². The number of pyridine rings is 1. The van der Waals surface area contributed by atoms with Crippen LogP contribution in [0.2, 0.25) is 5.28 Å². The van der Waals surface area contributed by atoms with Crippen LogP contribution in [0.15, 0.2) is 30.5 Å². The quantitative estimate of drug-likeness (QED) is 0.730. The first-order valence-electron chi connectivity index (χ1n) is 5.95. The summed E-state index contributed by atoms with van der Waals surface area (Å²) in [7, 11) is 0. The molecule has 0 amide bonds. The SMILES string of the molecule is N#Cc1cccnc1Cn1c(Cl)nc2cc(F)cc(F)c21. The molecular weight excluding hydrogens is 298 g/mol. The molecule has 0 unspecified atom stereocenters. The van der Waals surface area contributed by atoms with Gasteiger partial charge in [-0.3, -0.25) is 4.98 Å². The van der Waals surface area contributed by atoms with Crippen LogP contribution < -0.4 is 0 Å². The molecule has 0 aliphatic rings. The van der Waals surface area contributed by atoms with E-state index >= 15 is 0 Å². The van der Waals surface area contributed by atoms with Gasteiger partial charge in [-0.2, -0.15) is 5.26 Å². The minimum Gasteiger partial charge on any atom is -0.306 e. The largest absolute Gasteiger partial charge is 0.306 e. The molecule has 2 aromatic heterocycles. The van der Waals surface area contributed by atoms with E-state index in [0.29, 0.717) is 11.3 Å². The minimum atomic E-state index is -0.765. The zero-order chi connectivity index (χ0) is 15.0. The molecule has 0 bridgehead atoms. The average Bonchev–Trinajstić information content (AvgIpc) is 2.75. The predicted octanol–water partition coefficient (Wildman–Crippen LogP) is 3.28. The minimum absolute atomic E-state index is 0.00374. The van der Waals surface area contributed by atoms with Crippen LogP contribution in [0.25, 0.3) is 11.0 Å². The summed E-state index contributed by atoms with van der Waals surface area (Å²) in [5.41, 5.74) is 0.991. The number of benzene rings is 1. The van der Waals surface area contributed by atoms with Crippen LogP contribution in [-0.2, 0) is 6.54 Å². The number of aromatic nitrogens is 3. The molecule has 0 spiro atoms. The molecule has 104 valence electrons. The Labute approximate surface area is 123 Å². The van der Waals surface area contributed by atoms with Crippen molar-refractivity contribution in [3.05, 3.63) is 58.6 Å². The number of halogens is 3. The molecule has 3 aromatic rings. The van der Waals surface area contributed by atoms with Gasteiger partial charge in [0.25, 0.3) is 0 Å². The molecule has 0 aliphatic heterocycles. The monoisotopic (exact) mass is 304 g/mol. The number of imidazole rings is 1. The Kier molecular flexibility index (Phi) is 3.28. The molecule has 0 saturated heterocycles. The fraction of sp³-hybridized carbons (Fsp3) is 0.0714. The summed E-state index contributed by atoms with van der Waals surface area (Å²) < 4.78 is 28.5. The van der Waals surface area contributed by atoms with Crippen molar-refractivity contribution in [1.82, 2.24) is 14.5 Å². The van der Waals surface area contributed by atoms with E-state index < -0.39 is 11.6 Å². The highest BCUT2D eigenvalue weighted by Gasteiger charge is 2.16. The van der Waals surface area contributed by atoms with Crippen molar-refractivity contribution in [2.24, 2.45) is 0 Å². The zero-order valence-electron chi connectivity index (χ0n) is 10.5. The number of rotatable bonds is 2. The number of nitriles is 1. The van der Waals surface area contributed by atoms with E-state index in [1.807, 2.05) is 6.07 Å². The Balaban J connectivity index is 2.17. The van der Waals surface area contributed by atoms with Gasteiger partial charge >= 0.3 is 0 Å². The van der Waals surface area contributed by atoms with Crippen molar-refractivity contribution in [2.75, 3.05) is 0 Å². The van der Waals surface area contributed by atoms with E-state index in [-0.39, 0.29) is 22.9 Å². The van der Waals surface area contributed by atoms with Crippen molar-refractivity contribution in [1.29, 1.82) is 5.26 Å². The lowest BCUT2D eigenvalue weighted by molar-refractivity contribution is 0.586. The van der Waals surface area contributed by atoms with E-state index in [4.69, 9.17) is 16.9 Å². The van der Waals surface area contributed by atoms with Crippen LogP contribution in [0, 0.1) is 23.0 Å². The summed E-state index contributed by atoms with van der Waals surface area (Å²) in [5.74, 6) is -1.49. The fourth-order valence-electron chi connectivity index (χ4n) is 2.12. The summed E-state index contributed by atoms with van der Waals surface area (Å²) in [6, 6.07) is 7.11. The molecule has 1 aromatic carbocycles. The first-order chi connectivity index (χ1) is 10.1. The van der Waals surface area contributed by atoms with Gasteiger partial charge in [0.05, 0.1) is 23.3 Å². The van der Waals surface area contributed by atoms with Crippen LogP contribution in [0.3, 0.4) is 0 Å². The van der Waals surface area contributed by atoms with Gasteiger partial charge in [-0.1, -0.05) is 0 Å². The van der Waals surface area contributed by atoms with Crippen molar-refractivity contribution in [3.63, 3.8) is 0 Å².